The Bertz CT molecular complexity index is 1220. The predicted molar refractivity (Wildman–Crippen MR) is 189 cm³/mol. The summed E-state index contributed by atoms with van der Waals surface area (Å²) in [7, 11) is 0. The molecule has 0 unspecified atom stereocenters. The van der Waals surface area contributed by atoms with Crippen LogP contribution in [-0.4, -0.2) is 102 Å². The van der Waals surface area contributed by atoms with E-state index in [1.165, 1.54) is 0 Å². The largest absolute Gasteiger partial charge is 0.491 e. The first-order valence-corrected chi connectivity index (χ1v) is 16.1. The van der Waals surface area contributed by atoms with Crippen LogP contribution in [0.15, 0.2) is 49.6 Å². The molecule has 0 bridgehead atoms. The lowest BCUT2D eigenvalue weighted by molar-refractivity contribution is 0.0357. The average molecular weight is 637 g/mol. The van der Waals surface area contributed by atoms with E-state index in [0.29, 0.717) is 60.6 Å². The second-order valence-electron chi connectivity index (χ2n) is 11.5. The fraction of sp³-hybridized carbons (Fsp3) is 0.471. The number of morpholine rings is 2. The van der Waals surface area contributed by atoms with Crippen LogP contribution in [0.4, 0.5) is 22.7 Å². The molecule has 0 atom stereocenters. The van der Waals surface area contributed by atoms with Gasteiger partial charge >= 0.3 is 0 Å². The highest BCUT2D eigenvalue weighted by Gasteiger charge is 2.15. The van der Waals surface area contributed by atoms with Crippen molar-refractivity contribution in [3.05, 3.63) is 60.7 Å². The summed E-state index contributed by atoms with van der Waals surface area (Å²) in [6.07, 6.45) is 5.81. The Kier molecular flexibility index (Phi) is 13.7. The quantitative estimate of drug-likeness (QED) is 0.0804. The second kappa shape index (κ2) is 18.1. The third-order valence-electron chi connectivity index (χ3n) is 7.93. The van der Waals surface area contributed by atoms with E-state index in [1.54, 1.807) is 12.1 Å². The molecule has 2 saturated heterocycles. The first-order chi connectivity index (χ1) is 22.3. The van der Waals surface area contributed by atoms with E-state index in [1.807, 2.05) is 24.3 Å². The Morgan fingerprint density at radius 3 is 1.46 bits per heavy atom. The highest BCUT2D eigenvalue weighted by atomic mass is 16.5. The highest BCUT2D eigenvalue weighted by molar-refractivity contribution is 5.80. The van der Waals surface area contributed by atoms with Gasteiger partial charge in [-0.15, -0.1) is 0 Å². The molecule has 10 N–H and O–H groups in total. The summed E-state index contributed by atoms with van der Waals surface area (Å²) in [5.74, 6) is 1.31. The van der Waals surface area contributed by atoms with Gasteiger partial charge < -0.3 is 52.5 Å². The van der Waals surface area contributed by atoms with Gasteiger partial charge in [0.25, 0.3) is 0 Å². The third-order valence-corrected chi connectivity index (χ3v) is 7.93. The number of ether oxygens (including phenoxy) is 4. The van der Waals surface area contributed by atoms with Crippen LogP contribution < -0.4 is 43.0 Å². The van der Waals surface area contributed by atoms with Gasteiger partial charge in [0, 0.05) is 74.9 Å². The minimum Gasteiger partial charge on any atom is -0.491 e. The molecule has 4 rings (SSSR count). The molecule has 0 spiro atoms. The molecule has 2 aromatic carbocycles. The predicted octanol–water partition coefficient (Wildman–Crippen LogP) is 2.99. The minimum absolute atomic E-state index is 0.436. The van der Waals surface area contributed by atoms with Gasteiger partial charge in [-0.1, -0.05) is 25.3 Å². The topological polar surface area (TPSA) is 172 Å². The van der Waals surface area contributed by atoms with E-state index in [4.69, 9.17) is 41.9 Å². The van der Waals surface area contributed by atoms with E-state index in [2.05, 4.69) is 33.6 Å². The van der Waals surface area contributed by atoms with Crippen molar-refractivity contribution in [2.75, 3.05) is 114 Å². The molecule has 2 aliphatic rings. The zero-order valence-electron chi connectivity index (χ0n) is 27.0. The molecule has 0 saturated carbocycles. The molecule has 2 heterocycles. The Labute approximate surface area is 273 Å². The highest BCUT2D eigenvalue weighted by Crippen LogP contribution is 2.35. The summed E-state index contributed by atoms with van der Waals surface area (Å²) in [6.45, 7) is 18.7. The van der Waals surface area contributed by atoms with Crippen LogP contribution in [0.25, 0.3) is 11.4 Å². The van der Waals surface area contributed by atoms with Crippen LogP contribution in [0, 0.1) is 0 Å². The number of nitrogens with one attached hydrogen (secondary N) is 2. The summed E-state index contributed by atoms with van der Waals surface area (Å²) in [4.78, 5) is 4.77. The summed E-state index contributed by atoms with van der Waals surface area (Å²) in [5, 5.41) is 6.79. The van der Waals surface area contributed by atoms with Crippen molar-refractivity contribution in [1.29, 1.82) is 0 Å². The normalized spacial score (nSPS) is 15.9. The molecule has 0 radical (unpaired) electrons. The molecule has 0 aromatic heterocycles. The van der Waals surface area contributed by atoms with Gasteiger partial charge in [0.15, 0.2) is 0 Å². The van der Waals surface area contributed by atoms with Crippen LogP contribution in [0.5, 0.6) is 11.5 Å². The van der Waals surface area contributed by atoms with Crippen LogP contribution >= 0.6 is 0 Å². The third kappa shape index (κ3) is 10.8. The number of nitrogens with zero attached hydrogens (tertiary/aromatic N) is 2. The number of hydrogen-bond acceptors (Lipinski definition) is 12. The molecule has 0 aliphatic carbocycles. The number of anilines is 4. The molecule has 252 valence electrons. The lowest BCUT2D eigenvalue weighted by atomic mass is 10.1. The monoisotopic (exact) mass is 636 g/mol. The minimum atomic E-state index is 0.436. The summed E-state index contributed by atoms with van der Waals surface area (Å²) in [6, 6.07) is 7.38. The maximum Gasteiger partial charge on any atom is 0.145 e. The SMILES string of the molecule is C=C(N)c1cc(N)c(NC/C=C/CNc2c(N)cc(C(=C)N)cc2OCCCN2CCOCC2)c(OCCCN2CCOCC2)c1. The molecule has 0 amide bonds. The van der Waals surface area contributed by atoms with Crippen molar-refractivity contribution in [1.82, 2.24) is 9.80 Å². The first kappa shape index (κ1) is 34.8. The van der Waals surface area contributed by atoms with E-state index in [9.17, 15) is 0 Å². The molecular weight excluding hydrogens is 584 g/mol. The van der Waals surface area contributed by atoms with Gasteiger partial charge in [-0.05, 0) is 37.1 Å². The van der Waals surface area contributed by atoms with E-state index >= 15 is 0 Å². The van der Waals surface area contributed by atoms with Crippen molar-refractivity contribution in [2.24, 2.45) is 11.5 Å². The zero-order chi connectivity index (χ0) is 32.7. The van der Waals surface area contributed by atoms with Crippen molar-refractivity contribution in [2.45, 2.75) is 12.8 Å². The Balaban J connectivity index is 1.30. The number of rotatable bonds is 18. The summed E-state index contributed by atoms with van der Waals surface area (Å²) < 4.78 is 23.2. The second-order valence-corrected chi connectivity index (χ2v) is 11.5. The van der Waals surface area contributed by atoms with Crippen molar-refractivity contribution in [3.8, 4) is 11.5 Å². The summed E-state index contributed by atoms with van der Waals surface area (Å²) >= 11 is 0. The van der Waals surface area contributed by atoms with Gasteiger partial charge in [-0.25, -0.2) is 0 Å². The molecule has 46 heavy (non-hydrogen) atoms. The number of benzene rings is 2. The Hall–Kier alpha value is -4.10. The van der Waals surface area contributed by atoms with Gasteiger partial charge in [-0.3, -0.25) is 9.80 Å². The van der Waals surface area contributed by atoms with Crippen LogP contribution in [0.2, 0.25) is 0 Å². The smallest absolute Gasteiger partial charge is 0.145 e. The Morgan fingerprint density at radius 1 is 0.696 bits per heavy atom. The van der Waals surface area contributed by atoms with E-state index in [0.717, 1.165) is 101 Å². The standard InChI is InChI=1S/C34H52N8O4/c1-25(35)27-21-29(37)33(31(23-27)45-15-5-9-41-11-17-43-18-12-41)39-7-3-4-8-40-34-30(38)22-28(26(2)36)24-32(34)46-16-6-10-42-13-19-44-20-14-42/h3-4,21-24,39-40H,1-2,5-20,35-38H2/b4-3+. The first-order valence-electron chi connectivity index (χ1n) is 16.1. The van der Waals surface area contributed by atoms with Gasteiger partial charge in [0.2, 0.25) is 0 Å². The van der Waals surface area contributed by atoms with Gasteiger partial charge in [0.05, 0.1) is 51.0 Å². The van der Waals surface area contributed by atoms with Crippen LogP contribution in [0.3, 0.4) is 0 Å². The fourth-order valence-corrected chi connectivity index (χ4v) is 5.33. The van der Waals surface area contributed by atoms with E-state index < -0.39 is 0 Å². The maximum absolute atomic E-state index is 6.41. The van der Waals surface area contributed by atoms with Crippen molar-refractivity contribution < 1.29 is 18.9 Å². The molecule has 12 heteroatoms. The van der Waals surface area contributed by atoms with E-state index in [-0.39, 0.29) is 0 Å². The zero-order valence-corrected chi connectivity index (χ0v) is 27.0. The van der Waals surface area contributed by atoms with Crippen LogP contribution in [0.1, 0.15) is 24.0 Å². The number of hydrogen-bond donors (Lipinski definition) is 6. The average Bonchev–Trinajstić information content (AvgIpc) is 3.05. The number of nitrogens with two attached hydrogens (primary N) is 4. The van der Waals surface area contributed by atoms with Crippen molar-refractivity contribution in [3.63, 3.8) is 0 Å². The fourth-order valence-electron chi connectivity index (χ4n) is 5.33. The molecule has 2 aromatic rings. The molecule has 12 nitrogen and oxygen atoms in total. The van der Waals surface area contributed by atoms with Gasteiger partial charge in [0.1, 0.15) is 22.9 Å². The Morgan fingerprint density at radius 2 is 1.09 bits per heavy atom. The van der Waals surface area contributed by atoms with Gasteiger partial charge in [-0.2, -0.15) is 0 Å². The van der Waals surface area contributed by atoms with Crippen LogP contribution in [-0.2, 0) is 9.47 Å². The molecular formula is C34H52N8O4. The lowest BCUT2D eigenvalue weighted by Crippen LogP contribution is -2.37. The maximum atomic E-state index is 6.41. The molecule has 2 fully saturated rings. The molecule has 2 aliphatic heterocycles. The lowest BCUT2D eigenvalue weighted by Gasteiger charge is -2.26. The van der Waals surface area contributed by atoms with Crippen molar-refractivity contribution >= 4 is 34.1 Å². The summed E-state index contributed by atoms with van der Waals surface area (Å²) in [5.41, 5.74) is 29.7. The number of nitrogen functional groups attached to an aromatic ring is 2.